The SMILES string of the molecule is COc1cc(F)cc(C(=O)NCC2CCN(CC(=O)NC3(C)CCC3C)CC2)c1. The van der Waals surface area contributed by atoms with E-state index < -0.39 is 5.82 Å². The topological polar surface area (TPSA) is 70.7 Å². The molecule has 1 aromatic carbocycles. The molecule has 3 rings (SSSR count). The van der Waals surface area contributed by atoms with Crippen LogP contribution >= 0.6 is 0 Å². The van der Waals surface area contributed by atoms with E-state index in [9.17, 15) is 14.0 Å². The molecular weight excluding hydrogens is 373 g/mol. The van der Waals surface area contributed by atoms with Crippen LogP contribution in [0.1, 0.15) is 49.9 Å². The molecule has 29 heavy (non-hydrogen) atoms. The van der Waals surface area contributed by atoms with E-state index in [1.807, 2.05) is 0 Å². The predicted molar refractivity (Wildman–Crippen MR) is 109 cm³/mol. The Bertz CT molecular complexity index is 749. The molecule has 1 aliphatic heterocycles. The zero-order valence-corrected chi connectivity index (χ0v) is 17.6. The number of likely N-dealkylation sites (tertiary alicyclic amines) is 1. The van der Waals surface area contributed by atoms with Gasteiger partial charge in [-0.2, -0.15) is 0 Å². The highest BCUT2D eigenvalue weighted by molar-refractivity contribution is 5.94. The van der Waals surface area contributed by atoms with E-state index in [0.29, 0.717) is 30.7 Å². The number of amides is 2. The summed E-state index contributed by atoms with van der Waals surface area (Å²) < 4.78 is 18.6. The molecule has 1 heterocycles. The van der Waals surface area contributed by atoms with E-state index in [1.165, 1.54) is 31.7 Å². The predicted octanol–water partition coefficient (Wildman–Crippen LogP) is 2.58. The normalized spacial score (nSPS) is 25.2. The molecule has 0 bridgehead atoms. The van der Waals surface area contributed by atoms with Crippen molar-refractivity contribution in [1.29, 1.82) is 0 Å². The number of rotatable bonds is 7. The van der Waals surface area contributed by atoms with E-state index in [1.54, 1.807) is 0 Å². The van der Waals surface area contributed by atoms with Crippen LogP contribution in [-0.4, -0.2) is 55.5 Å². The zero-order chi connectivity index (χ0) is 21.0. The Balaban J connectivity index is 1.39. The van der Waals surface area contributed by atoms with Gasteiger partial charge in [-0.3, -0.25) is 14.5 Å². The first-order valence-corrected chi connectivity index (χ1v) is 10.5. The maximum absolute atomic E-state index is 13.6. The van der Waals surface area contributed by atoms with Gasteiger partial charge in [-0.1, -0.05) is 6.92 Å². The molecule has 1 saturated carbocycles. The smallest absolute Gasteiger partial charge is 0.251 e. The van der Waals surface area contributed by atoms with Crippen LogP contribution in [0, 0.1) is 17.7 Å². The monoisotopic (exact) mass is 405 g/mol. The largest absolute Gasteiger partial charge is 0.497 e. The fourth-order valence-corrected chi connectivity index (χ4v) is 4.11. The third kappa shape index (κ3) is 5.47. The minimum atomic E-state index is -0.494. The van der Waals surface area contributed by atoms with Crippen molar-refractivity contribution in [3.63, 3.8) is 0 Å². The summed E-state index contributed by atoms with van der Waals surface area (Å²) in [6, 6.07) is 3.99. The van der Waals surface area contributed by atoms with Crippen LogP contribution in [0.5, 0.6) is 5.75 Å². The van der Waals surface area contributed by atoms with Crippen LogP contribution < -0.4 is 15.4 Å². The van der Waals surface area contributed by atoms with Gasteiger partial charge in [0, 0.05) is 23.7 Å². The molecular formula is C22H32FN3O3. The van der Waals surface area contributed by atoms with Crippen molar-refractivity contribution in [2.24, 2.45) is 11.8 Å². The molecule has 6 nitrogen and oxygen atoms in total. The summed E-state index contributed by atoms with van der Waals surface area (Å²) in [6.45, 7) is 6.98. The lowest BCUT2D eigenvalue weighted by Crippen LogP contribution is -2.58. The fourth-order valence-electron chi connectivity index (χ4n) is 4.11. The summed E-state index contributed by atoms with van der Waals surface area (Å²) in [6.07, 6.45) is 4.08. The average Bonchev–Trinajstić information content (AvgIpc) is 2.71. The first-order chi connectivity index (χ1) is 13.8. The second kappa shape index (κ2) is 9.11. The summed E-state index contributed by atoms with van der Waals surface area (Å²) in [7, 11) is 1.44. The molecule has 2 unspecified atom stereocenters. The molecule has 2 fully saturated rings. The minimum absolute atomic E-state index is 0.0424. The number of ether oxygens (including phenoxy) is 1. The second-order valence-electron chi connectivity index (χ2n) is 8.71. The lowest BCUT2D eigenvalue weighted by Gasteiger charge is -2.46. The van der Waals surface area contributed by atoms with E-state index in [2.05, 4.69) is 29.4 Å². The molecule has 2 aliphatic rings. The van der Waals surface area contributed by atoms with Gasteiger partial charge in [0.25, 0.3) is 5.91 Å². The van der Waals surface area contributed by atoms with Crippen molar-refractivity contribution < 1.29 is 18.7 Å². The number of carbonyl (C=O) groups excluding carboxylic acids is 2. The van der Waals surface area contributed by atoms with Gasteiger partial charge < -0.3 is 15.4 Å². The first kappa shape index (κ1) is 21.6. The number of nitrogens with zero attached hydrogens (tertiary/aromatic N) is 1. The third-order valence-electron chi connectivity index (χ3n) is 6.60. The van der Waals surface area contributed by atoms with Gasteiger partial charge in [-0.25, -0.2) is 4.39 Å². The number of benzene rings is 1. The number of halogens is 1. The first-order valence-electron chi connectivity index (χ1n) is 10.5. The molecule has 0 spiro atoms. The number of hydrogen-bond donors (Lipinski definition) is 2. The summed E-state index contributed by atoms with van der Waals surface area (Å²) in [5, 5.41) is 6.09. The van der Waals surface area contributed by atoms with E-state index in [4.69, 9.17) is 4.74 Å². The van der Waals surface area contributed by atoms with Crippen molar-refractivity contribution in [2.75, 3.05) is 33.3 Å². The number of nitrogens with one attached hydrogen (secondary N) is 2. The van der Waals surface area contributed by atoms with Crippen molar-refractivity contribution in [3.05, 3.63) is 29.6 Å². The Morgan fingerprint density at radius 1 is 1.24 bits per heavy atom. The molecule has 1 saturated heterocycles. The van der Waals surface area contributed by atoms with Gasteiger partial charge in [-0.15, -0.1) is 0 Å². The van der Waals surface area contributed by atoms with Gasteiger partial charge in [0.15, 0.2) is 0 Å². The minimum Gasteiger partial charge on any atom is -0.497 e. The molecule has 1 aliphatic carbocycles. The standard InChI is InChI=1S/C22H32FN3O3/c1-15-4-7-22(15,2)25-20(27)14-26-8-5-16(6-9-26)13-24-21(28)17-10-18(23)12-19(11-17)29-3/h10-12,15-16H,4-9,13-14H2,1-3H3,(H,24,28)(H,25,27). The number of carbonyl (C=O) groups is 2. The van der Waals surface area contributed by atoms with Crippen LogP contribution in [0.4, 0.5) is 4.39 Å². The Labute approximate surface area is 172 Å². The molecule has 2 N–H and O–H groups in total. The van der Waals surface area contributed by atoms with Crippen molar-refractivity contribution in [1.82, 2.24) is 15.5 Å². The average molecular weight is 406 g/mol. The van der Waals surface area contributed by atoms with Crippen LogP contribution in [0.25, 0.3) is 0 Å². The van der Waals surface area contributed by atoms with E-state index in [0.717, 1.165) is 32.4 Å². The highest BCUT2D eigenvalue weighted by Gasteiger charge is 2.40. The highest BCUT2D eigenvalue weighted by atomic mass is 19.1. The molecule has 2 atom stereocenters. The molecule has 1 aromatic rings. The van der Waals surface area contributed by atoms with Crippen molar-refractivity contribution >= 4 is 11.8 Å². The summed E-state index contributed by atoms with van der Waals surface area (Å²) in [5.41, 5.74) is 0.217. The molecule has 160 valence electrons. The van der Waals surface area contributed by atoms with E-state index >= 15 is 0 Å². The zero-order valence-electron chi connectivity index (χ0n) is 17.6. The molecule has 2 amide bonds. The summed E-state index contributed by atoms with van der Waals surface area (Å²) in [4.78, 5) is 26.8. The Hall–Kier alpha value is -2.15. The van der Waals surface area contributed by atoms with Crippen LogP contribution in [0.3, 0.4) is 0 Å². The van der Waals surface area contributed by atoms with Crippen molar-refractivity contribution in [3.8, 4) is 5.75 Å². The van der Waals surface area contributed by atoms with E-state index in [-0.39, 0.29) is 22.9 Å². The highest BCUT2D eigenvalue weighted by Crippen LogP contribution is 2.37. The lowest BCUT2D eigenvalue weighted by atomic mass is 9.69. The summed E-state index contributed by atoms with van der Waals surface area (Å²) in [5.74, 6) is 0.535. The van der Waals surface area contributed by atoms with Crippen LogP contribution in [0.15, 0.2) is 18.2 Å². The number of piperidine rings is 1. The quantitative estimate of drug-likeness (QED) is 0.732. The number of methoxy groups -OCH3 is 1. The lowest BCUT2D eigenvalue weighted by molar-refractivity contribution is -0.126. The van der Waals surface area contributed by atoms with Gasteiger partial charge in [-0.05, 0) is 69.7 Å². The third-order valence-corrected chi connectivity index (χ3v) is 6.60. The Morgan fingerprint density at radius 2 is 1.97 bits per heavy atom. The van der Waals surface area contributed by atoms with Crippen LogP contribution in [-0.2, 0) is 4.79 Å². The van der Waals surface area contributed by atoms with Crippen LogP contribution in [0.2, 0.25) is 0 Å². The van der Waals surface area contributed by atoms with Crippen molar-refractivity contribution in [2.45, 2.75) is 45.1 Å². The molecule has 0 aromatic heterocycles. The molecule has 7 heteroatoms. The fraction of sp³-hybridized carbons (Fsp3) is 0.636. The molecule has 0 radical (unpaired) electrons. The summed E-state index contributed by atoms with van der Waals surface area (Å²) >= 11 is 0. The second-order valence-corrected chi connectivity index (χ2v) is 8.71. The van der Waals surface area contributed by atoms with Gasteiger partial charge in [0.1, 0.15) is 11.6 Å². The van der Waals surface area contributed by atoms with Gasteiger partial charge in [0.05, 0.1) is 13.7 Å². The van der Waals surface area contributed by atoms with Gasteiger partial charge in [0.2, 0.25) is 5.91 Å². The maximum atomic E-state index is 13.6. The van der Waals surface area contributed by atoms with Gasteiger partial charge >= 0.3 is 0 Å². The Morgan fingerprint density at radius 3 is 2.55 bits per heavy atom. The number of hydrogen-bond acceptors (Lipinski definition) is 4. The Kier molecular flexibility index (Phi) is 6.77. The maximum Gasteiger partial charge on any atom is 0.251 e.